The zero-order valence-corrected chi connectivity index (χ0v) is 14.2. The van der Waals surface area contributed by atoms with Crippen LogP contribution in [0.3, 0.4) is 0 Å². The molecular formula is C19H18F3N3O2. The molecule has 0 saturated carbocycles. The first-order valence-electron chi connectivity index (χ1n) is 8.62. The van der Waals surface area contributed by atoms with Gasteiger partial charge in [0.2, 0.25) is 0 Å². The van der Waals surface area contributed by atoms with Crippen LogP contribution in [-0.4, -0.2) is 24.7 Å². The normalized spacial score (nSPS) is 24.0. The van der Waals surface area contributed by atoms with Crippen molar-refractivity contribution in [3.05, 3.63) is 59.7 Å². The van der Waals surface area contributed by atoms with Gasteiger partial charge in [0.1, 0.15) is 0 Å². The molecule has 2 aromatic rings. The van der Waals surface area contributed by atoms with Crippen molar-refractivity contribution in [3.63, 3.8) is 0 Å². The number of hydrogen-bond donors (Lipinski definition) is 3. The van der Waals surface area contributed by atoms with Crippen molar-refractivity contribution in [2.75, 3.05) is 17.2 Å². The number of anilines is 2. The van der Waals surface area contributed by atoms with Crippen molar-refractivity contribution >= 4 is 17.4 Å². The molecule has 2 heterocycles. The maximum absolute atomic E-state index is 12.6. The van der Waals surface area contributed by atoms with E-state index in [9.17, 15) is 18.0 Å². The SMILES string of the molecule is O=C(Nc1ccc(C(F)(F)F)cc1)Nc1cccc([C@@H]2O[C@H]3CN[C@@H]2C3)c1. The third kappa shape index (κ3) is 3.91. The van der Waals surface area contributed by atoms with Crippen LogP contribution in [0.5, 0.6) is 0 Å². The minimum absolute atomic E-state index is 0.0384. The van der Waals surface area contributed by atoms with Crippen molar-refractivity contribution in [3.8, 4) is 0 Å². The number of rotatable bonds is 3. The van der Waals surface area contributed by atoms with Gasteiger partial charge in [-0.15, -0.1) is 0 Å². The first kappa shape index (κ1) is 17.8. The Morgan fingerprint density at radius 2 is 1.81 bits per heavy atom. The zero-order chi connectivity index (χ0) is 19.0. The average molecular weight is 377 g/mol. The Labute approximate surface area is 153 Å². The third-order valence-electron chi connectivity index (χ3n) is 4.77. The second-order valence-electron chi connectivity index (χ2n) is 6.71. The molecule has 0 aliphatic carbocycles. The molecule has 5 nitrogen and oxygen atoms in total. The van der Waals surface area contributed by atoms with Crippen molar-refractivity contribution in [1.29, 1.82) is 0 Å². The van der Waals surface area contributed by atoms with E-state index in [1.807, 2.05) is 18.2 Å². The van der Waals surface area contributed by atoms with E-state index in [1.54, 1.807) is 6.07 Å². The largest absolute Gasteiger partial charge is 0.416 e. The Morgan fingerprint density at radius 3 is 2.44 bits per heavy atom. The molecule has 0 radical (unpaired) electrons. The lowest BCUT2D eigenvalue weighted by Crippen LogP contribution is -2.34. The van der Waals surface area contributed by atoms with E-state index in [-0.39, 0.29) is 23.9 Å². The molecule has 0 unspecified atom stereocenters. The molecule has 2 bridgehead atoms. The molecule has 2 aliphatic rings. The van der Waals surface area contributed by atoms with E-state index in [2.05, 4.69) is 16.0 Å². The lowest BCUT2D eigenvalue weighted by atomic mass is 10.0. The molecule has 2 amide bonds. The number of alkyl halides is 3. The molecule has 142 valence electrons. The molecule has 2 fully saturated rings. The van der Waals surface area contributed by atoms with Gasteiger partial charge in [-0.05, 0) is 48.4 Å². The van der Waals surface area contributed by atoms with Crippen molar-refractivity contribution < 1.29 is 22.7 Å². The fraction of sp³-hybridized carbons (Fsp3) is 0.316. The summed E-state index contributed by atoms with van der Waals surface area (Å²) < 4.78 is 43.7. The Balaban J connectivity index is 1.39. The van der Waals surface area contributed by atoms with E-state index >= 15 is 0 Å². The van der Waals surface area contributed by atoms with Crippen LogP contribution in [0.25, 0.3) is 0 Å². The summed E-state index contributed by atoms with van der Waals surface area (Å²) in [4.78, 5) is 12.1. The van der Waals surface area contributed by atoms with Crippen molar-refractivity contribution in [1.82, 2.24) is 5.32 Å². The Morgan fingerprint density at radius 1 is 1.07 bits per heavy atom. The van der Waals surface area contributed by atoms with E-state index in [0.717, 1.165) is 30.7 Å². The minimum atomic E-state index is -4.40. The highest BCUT2D eigenvalue weighted by Crippen LogP contribution is 2.37. The molecule has 0 spiro atoms. The molecule has 2 aromatic carbocycles. The van der Waals surface area contributed by atoms with Gasteiger partial charge in [0.05, 0.1) is 17.8 Å². The van der Waals surface area contributed by atoms with Crippen LogP contribution in [-0.2, 0) is 10.9 Å². The number of urea groups is 1. The molecular weight excluding hydrogens is 359 g/mol. The highest BCUT2D eigenvalue weighted by Gasteiger charge is 2.41. The van der Waals surface area contributed by atoms with Crippen LogP contribution >= 0.6 is 0 Å². The number of ether oxygens (including phenoxy) is 1. The van der Waals surface area contributed by atoms with Gasteiger partial charge in [0, 0.05) is 24.0 Å². The molecule has 2 aliphatic heterocycles. The maximum Gasteiger partial charge on any atom is 0.416 e. The smallest absolute Gasteiger partial charge is 0.367 e. The summed E-state index contributed by atoms with van der Waals surface area (Å²) in [5, 5.41) is 8.63. The second-order valence-corrected chi connectivity index (χ2v) is 6.71. The average Bonchev–Trinajstić information content (AvgIpc) is 3.25. The van der Waals surface area contributed by atoms with Crippen LogP contribution < -0.4 is 16.0 Å². The minimum Gasteiger partial charge on any atom is -0.367 e. The third-order valence-corrected chi connectivity index (χ3v) is 4.77. The molecule has 0 aromatic heterocycles. The van der Waals surface area contributed by atoms with E-state index < -0.39 is 17.8 Å². The predicted molar refractivity (Wildman–Crippen MR) is 94.5 cm³/mol. The molecule has 2 saturated heterocycles. The van der Waals surface area contributed by atoms with Crippen molar-refractivity contribution in [2.24, 2.45) is 0 Å². The van der Waals surface area contributed by atoms with Crippen molar-refractivity contribution in [2.45, 2.75) is 30.8 Å². The Kier molecular flexibility index (Phi) is 4.53. The second kappa shape index (κ2) is 6.86. The summed E-state index contributed by atoms with van der Waals surface area (Å²) in [7, 11) is 0. The van der Waals surface area contributed by atoms with Gasteiger partial charge in [-0.1, -0.05) is 12.1 Å². The summed E-state index contributed by atoms with van der Waals surface area (Å²) in [6.07, 6.45) is -3.22. The number of hydrogen-bond acceptors (Lipinski definition) is 3. The van der Waals surface area contributed by atoms with E-state index in [4.69, 9.17) is 4.74 Å². The van der Waals surface area contributed by atoms with Crippen LogP contribution in [0.15, 0.2) is 48.5 Å². The highest BCUT2D eigenvalue weighted by atomic mass is 19.4. The number of amides is 2. The van der Waals surface area contributed by atoms with Crippen LogP contribution in [0.1, 0.15) is 23.7 Å². The van der Waals surface area contributed by atoms with Gasteiger partial charge in [0.15, 0.2) is 0 Å². The number of carbonyl (C=O) groups is 1. The first-order valence-corrected chi connectivity index (χ1v) is 8.62. The summed E-state index contributed by atoms with van der Waals surface area (Å²) in [6, 6.07) is 11.4. The number of nitrogens with one attached hydrogen (secondary N) is 3. The number of fused-ring (bicyclic) bond motifs is 2. The van der Waals surface area contributed by atoms with Gasteiger partial charge in [0.25, 0.3) is 0 Å². The summed E-state index contributed by atoms with van der Waals surface area (Å²) >= 11 is 0. The lowest BCUT2D eigenvalue weighted by Gasteiger charge is -2.24. The number of benzene rings is 2. The monoisotopic (exact) mass is 377 g/mol. The van der Waals surface area contributed by atoms with Gasteiger partial charge < -0.3 is 20.7 Å². The summed E-state index contributed by atoms with van der Waals surface area (Å²) in [5.41, 5.74) is 1.07. The molecule has 3 atom stereocenters. The summed E-state index contributed by atoms with van der Waals surface area (Å²) in [5.74, 6) is 0. The number of halogens is 3. The van der Waals surface area contributed by atoms with E-state index in [0.29, 0.717) is 5.69 Å². The van der Waals surface area contributed by atoms with Crippen LogP contribution in [0.4, 0.5) is 29.3 Å². The number of carbonyl (C=O) groups excluding carboxylic acids is 1. The topological polar surface area (TPSA) is 62.4 Å². The van der Waals surface area contributed by atoms with Gasteiger partial charge in [-0.2, -0.15) is 13.2 Å². The van der Waals surface area contributed by atoms with Gasteiger partial charge in [-0.3, -0.25) is 0 Å². The fourth-order valence-electron chi connectivity index (χ4n) is 3.51. The summed E-state index contributed by atoms with van der Waals surface area (Å²) in [6.45, 7) is 0.870. The molecule has 3 N–H and O–H groups in total. The van der Waals surface area contributed by atoms with Gasteiger partial charge in [-0.25, -0.2) is 4.79 Å². The van der Waals surface area contributed by atoms with Crippen LogP contribution in [0, 0.1) is 0 Å². The zero-order valence-electron chi connectivity index (χ0n) is 14.2. The molecule has 4 rings (SSSR count). The van der Waals surface area contributed by atoms with E-state index in [1.165, 1.54) is 12.1 Å². The Hall–Kier alpha value is -2.58. The first-order chi connectivity index (χ1) is 12.9. The molecule has 27 heavy (non-hydrogen) atoms. The standard InChI is InChI=1S/C19H18F3N3O2/c20-19(21,22)12-4-6-13(7-5-12)24-18(26)25-14-3-1-2-11(8-14)17-16-9-15(27-17)10-23-16/h1-8,15-17,23H,9-10H2,(H2,24,25,26)/t15-,16-,17+/m1/s1. The quantitative estimate of drug-likeness (QED) is 0.753. The van der Waals surface area contributed by atoms with Gasteiger partial charge >= 0.3 is 12.2 Å². The maximum atomic E-state index is 12.6. The number of morpholine rings is 1. The van der Waals surface area contributed by atoms with Crippen LogP contribution in [0.2, 0.25) is 0 Å². The fourth-order valence-corrected chi connectivity index (χ4v) is 3.51. The predicted octanol–water partition coefficient (Wildman–Crippen LogP) is 4.15. The Bertz CT molecular complexity index is 839. The highest BCUT2D eigenvalue weighted by molar-refractivity contribution is 5.99. The molecule has 8 heteroatoms. The lowest BCUT2D eigenvalue weighted by molar-refractivity contribution is -0.137.